The van der Waals surface area contributed by atoms with Gasteiger partial charge in [-0.3, -0.25) is 0 Å². The highest BCUT2D eigenvalue weighted by Crippen LogP contribution is 2.35. The van der Waals surface area contributed by atoms with E-state index in [4.69, 9.17) is 0 Å². The van der Waals surface area contributed by atoms with Gasteiger partial charge in [0.25, 0.3) is 5.25 Å². The van der Waals surface area contributed by atoms with Crippen molar-refractivity contribution >= 4 is 11.7 Å². The van der Waals surface area contributed by atoms with Crippen LogP contribution in [0.4, 0.5) is 0 Å². The molecule has 0 N–H and O–H groups in total. The maximum atomic E-state index is 11.2. The van der Waals surface area contributed by atoms with Crippen molar-refractivity contribution in [3.05, 3.63) is 35.9 Å². The minimum atomic E-state index is 0.173. The molecule has 2 heteroatoms. The monoisotopic (exact) mass is 221 g/mol. The van der Waals surface area contributed by atoms with E-state index in [0.717, 1.165) is 11.7 Å². The second-order valence-electron chi connectivity index (χ2n) is 4.33. The maximum Gasteiger partial charge on any atom is 0.467 e. The smallest absolute Gasteiger partial charge is 0.0622 e. The van der Waals surface area contributed by atoms with Crippen molar-refractivity contribution in [1.82, 2.24) is 0 Å². The minimum absolute atomic E-state index is 0.173. The molecule has 0 amide bonds. The van der Waals surface area contributed by atoms with Crippen molar-refractivity contribution in [1.29, 1.82) is 0 Å². The lowest BCUT2D eigenvalue weighted by molar-refractivity contribution is 0.348. The van der Waals surface area contributed by atoms with Crippen molar-refractivity contribution < 1.29 is 4.21 Å². The Morgan fingerprint density at radius 1 is 1.07 bits per heavy atom. The lowest BCUT2D eigenvalue weighted by atomic mass is 9.84. The van der Waals surface area contributed by atoms with Gasteiger partial charge in [-0.05, 0) is 12.8 Å². The van der Waals surface area contributed by atoms with Crippen LogP contribution in [-0.2, 0) is 15.9 Å². The van der Waals surface area contributed by atoms with Gasteiger partial charge >= 0.3 is 11.7 Å². The molecule has 0 aromatic heterocycles. The Morgan fingerprint density at radius 3 is 2.33 bits per heavy atom. The zero-order chi connectivity index (χ0) is 10.5. The number of benzene rings is 1. The summed E-state index contributed by atoms with van der Waals surface area (Å²) in [4.78, 5) is 0. The second-order valence-corrected chi connectivity index (χ2v) is 5.03. The third-order valence-corrected chi connectivity index (χ3v) is 4.17. The molecular weight excluding hydrogens is 204 g/mol. The molecule has 0 radical (unpaired) electrons. The predicted octanol–water partition coefficient (Wildman–Crippen LogP) is 3.74. The largest absolute Gasteiger partial charge is 0.467 e. The SMILES string of the molecule is O=[S+]C(c1ccccc1)C1CCCCC1. The average molecular weight is 221 g/mol. The summed E-state index contributed by atoms with van der Waals surface area (Å²) in [7, 11) is 0. The molecule has 1 aliphatic carbocycles. The molecule has 1 aromatic rings. The van der Waals surface area contributed by atoms with Crippen molar-refractivity contribution in [2.75, 3.05) is 0 Å². The fourth-order valence-corrected chi connectivity index (χ4v) is 3.18. The van der Waals surface area contributed by atoms with Gasteiger partial charge in [0.2, 0.25) is 0 Å². The van der Waals surface area contributed by atoms with Gasteiger partial charge in [-0.2, -0.15) is 0 Å². The van der Waals surface area contributed by atoms with Crippen LogP contribution < -0.4 is 0 Å². The summed E-state index contributed by atoms with van der Waals surface area (Å²) < 4.78 is 11.2. The molecule has 1 aromatic carbocycles. The Kier molecular flexibility index (Phi) is 3.84. The van der Waals surface area contributed by atoms with Gasteiger partial charge in [0.1, 0.15) is 0 Å². The van der Waals surface area contributed by atoms with Crippen LogP contribution in [0.1, 0.15) is 42.9 Å². The summed E-state index contributed by atoms with van der Waals surface area (Å²) >= 11 is 0.780. The Morgan fingerprint density at radius 2 is 1.73 bits per heavy atom. The first kappa shape index (κ1) is 10.7. The van der Waals surface area contributed by atoms with E-state index < -0.39 is 0 Å². The lowest BCUT2D eigenvalue weighted by Crippen LogP contribution is -2.15. The Balaban J connectivity index is 2.12. The van der Waals surface area contributed by atoms with Crippen LogP contribution >= 0.6 is 0 Å². The first-order chi connectivity index (χ1) is 7.42. The lowest BCUT2D eigenvalue weighted by Gasteiger charge is -2.20. The van der Waals surface area contributed by atoms with Crippen LogP contribution in [0.15, 0.2) is 30.3 Å². The standard InChI is InChI=1S/C13H17OS/c14-15-13(11-7-3-1-4-8-11)12-9-5-2-6-10-12/h1,3-4,7-8,12-13H,2,5-6,9-10H2/q+1. The number of hydrogen-bond acceptors (Lipinski definition) is 1. The molecule has 1 fully saturated rings. The molecule has 2 rings (SSSR count). The Labute approximate surface area is 95.4 Å². The van der Waals surface area contributed by atoms with E-state index >= 15 is 0 Å². The van der Waals surface area contributed by atoms with Gasteiger partial charge in [0.05, 0.1) is 0 Å². The van der Waals surface area contributed by atoms with E-state index in [0.29, 0.717) is 5.92 Å². The van der Waals surface area contributed by atoms with Crippen molar-refractivity contribution in [3.8, 4) is 0 Å². The molecule has 1 saturated carbocycles. The third-order valence-electron chi connectivity index (χ3n) is 3.31. The Hall–Kier alpha value is -0.760. The molecule has 1 nitrogen and oxygen atoms in total. The molecule has 1 atom stereocenters. The second kappa shape index (κ2) is 5.36. The van der Waals surface area contributed by atoms with Gasteiger partial charge in [-0.25, -0.2) is 0 Å². The van der Waals surface area contributed by atoms with Crippen LogP contribution in [0.5, 0.6) is 0 Å². The van der Waals surface area contributed by atoms with Gasteiger partial charge < -0.3 is 0 Å². The van der Waals surface area contributed by atoms with Gasteiger partial charge in [-0.15, -0.1) is 0 Å². The molecule has 80 valence electrons. The van der Waals surface area contributed by atoms with E-state index in [9.17, 15) is 4.21 Å². The van der Waals surface area contributed by atoms with Gasteiger partial charge in [0.15, 0.2) is 0 Å². The fourth-order valence-electron chi connectivity index (χ4n) is 2.49. The highest BCUT2D eigenvalue weighted by molar-refractivity contribution is 7.65. The van der Waals surface area contributed by atoms with Crippen LogP contribution in [0.3, 0.4) is 0 Å². The zero-order valence-electron chi connectivity index (χ0n) is 8.89. The summed E-state index contributed by atoms with van der Waals surface area (Å²) in [6, 6.07) is 10.2. The normalized spacial score (nSPS) is 19.7. The van der Waals surface area contributed by atoms with Crippen LogP contribution in [-0.4, -0.2) is 0 Å². The molecule has 0 bridgehead atoms. The van der Waals surface area contributed by atoms with E-state index in [-0.39, 0.29) is 5.25 Å². The topological polar surface area (TPSA) is 17.1 Å². The van der Waals surface area contributed by atoms with Gasteiger partial charge in [-0.1, -0.05) is 49.6 Å². The highest BCUT2D eigenvalue weighted by atomic mass is 32.1. The Bertz CT molecular complexity index is 304. The molecule has 1 aliphatic rings. The zero-order valence-corrected chi connectivity index (χ0v) is 9.71. The first-order valence-corrected chi connectivity index (χ1v) is 6.56. The fraction of sp³-hybridized carbons (Fsp3) is 0.538. The number of rotatable bonds is 3. The van der Waals surface area contributed by atoms with Gasteiger partial charge in [0, 0.05) is 15.7 Å². The molecule has 1 unspecified atom stereocenters. The molecular formula is C13H17OS+. The molecule has 0 aliphatic heterocycles. The van der Waals surface area contributed by atoms with Crippen molar-refractivity contribution in [3.63, 3.8) is 0 Å². The van der Waals surface area contributed by atoms with Crippen LogP contribution in [0, 0.1) is 5.92 Å². The summed E-state index contributed by atoms with van der Waals surface area (Å²) in [6.07, 6.45) is 6.41. The summed E-state index contributed by atoms with van der Waals surface area (Å²) in [5, 5.41) is 0.173. The summed E-state index contributed by atoms with van der Waals surface area (Å²) in [5.74, 6) is 0.601. The van der Waals surface area contributed by atoms with E-state index in [1.807, 2.05) is 18.2 Å². The molecule has 0 saturated heterocycles. The predicted molar refractivity (Wildman–Crippen MR) is 63.8 cm³/mol. The average Bonchev–Trinajstić information content (AvgIpc) is 2.33. The molecule has 15 heavy (non-hydrogen) atoms. The third kappa shape index (κ3) is 2.63. The minimum Gasteiger partial charge on any atom is -0.0622 e. The summed E-state index contributed by atoms with van der Waals surface area (Å²) in [5.41, 5.74) is 1.21. The maximum absolute atomic E-state index is 11.2. The van der Waals surface area contributed by atoms with E-state index in [1.165, 1.54) is 37.7 Å². The first-order valence-electron chi connectivity index (χ1n) is 5.75. The van der Waals surface area contributed by atoms with E-state index in [2.05, 4.69) is 12.1 Å². The highest BCUT2D eigenvalue weighted by Gasteiger charge is 2.34. The van der Waals surface area contributed by atoms with Crippen LogP contribution in [0.2, 0.25) is 0 Å². The summed E-state index contributed by atoms with van der Waals surface area (Å²) in [6.45, 7) is 0. The van der Waals surface area contributed by atoms with Crippen molar-refractivity contribution in [2.45, 2.75) is 37.4 Å². The molecule has 0 spiro atoms. The quantitative estimate of drug-likeness (QED) is 0.711. The van der Waals surface area contributed by atoms with E-state index in [1.54, 1.807) is 0 Å². The van der Waals surface area contributed by atoms with Crippen LogP contribution in [0.25, 0.3) is 0 Å². The van der Waals surface area contributed by atoms with Crippen molar-refractivity contribution in [2.24, 2.45) is 5.92 Å². The molecule has 0 heterocycles. The number of hydrogen-bond donors (Lipinski definition) is 0.